The van der Waals surface area contributed by atoms with Gasteiger partial charge in [0.25, 0.3) is 5.56 Å². The summed E-state index contributed by atoms with van der Waals surface area (Å²) in [5, 5.41) is 3.17. The third-order valence-electron chi connectivity index (χ3n) is 4.62. The molecule has 8 nitrogen and oxygen atoms in total. The fourth-order valence-electron chi connectivity index (χ4n) is 3.20. The number of hydrogen-bond acceptors (Lipinski definition) is 5. The Kier molecular flexibility index (Phi) is 5.81. The first-order valence-corrected chi connectivity index (χ1v) is 9.29. The summed E-state index contributed by atoms with van der Waals surface area (Å²) in [7, 11) is 1.47. The Hall–Kier alpha value is -3.10. The zero-order chi connectivity index (χ0) is 20.3. The summed E-state index contributed by atoms with van der Waals surface area (Å²) in [6, 6.07) is 4.20. The van der Waals surface area contributed by atoms with E-state index < -0.39 is 17.1 Å². The van der Waals surface area contributed by atoms with Gasteiger partial charge in [0.2, 0.25) is 0 Å². The molecule has 0 bridgehead atoms. The number of imidazole rings is 1. The van der Waals surface area contributed by atoms with E-state index in [1.165, 1.54) is 23.8 Å². The Balaban J connectivity index is 2.03. The maximum absolute atomic E-state index is 13.4. The predicted molar refractivity (Wildman–Crippen MR) is 105 cm³/mol. The first-order valence-electron chi connectivity index (χ1n) is 9.29. The largest absolute Gasteiger partial charge is 0.494 e. The number of nitrogens with one attached hydrogen (secondary N) is 2. The van der Waals surface area contributed by atoms with Gasteiger partial charge in [-0.3, -0.25) is 14.3 Å². The van der Waals surface area contributed by atoms with Crippen LogP contribution in [0.15, 0.2) is 27.8 Å². The quantitative estimate of drug-likeness (QED) is 0.617. The number of rotatable bonds is 8. The molecule has 0 radical (unpaired) electrons. The number of aryl methyl sites for hydroxylation is 2. The highest BCUT2D eigenvalue weighted by Gasteiger charge is 2.18. The number of aromatic amines is 1. The lowest BCUT2D eigenvalue weighted by Gasteiger charge is -2.11. The summed E-state index contributed by atoms with van der Waals surface area (Å²) >= 11 is 0. The number of unbranched alkanes of at least 4 members (excludes halogenated alkanes) is 1. The topological polar surface area (TPSA) is 93.9 Å². The molecule has 0 atom stereocenters. The average Bonchev–Trinajstić information content (AvgIpc) is 3.05. The van der Waals surface area contributed by atoms with Gasteiger partial charge in [-0.05, 0) is 25.5 Å². The molecule has 0 aliphatic rings. The van der Waals surface area contributed by atoms with E-state index in [1.807, 2.05) is 13.8 Å². The van der Waals surface area contributed by atoms with Crippen LogP contribution in [0.2, 0.25) is 0 Å². The minimum Gasteiger partial charge on any atom is -0.494 e. The van der Waals surface area contributed by atoms with Crippen molar-refractivity contribution < 1.29 is 9.13 Å². The molecule has 2 heterocycles. The van der Waals surface area contributed by atoms with Gasteiger partial charge in [-0.2, -0.15) is 0 Å². The smallest absolute Gasteiger partial charge is 0.330 e. The van der Waals surface area contributed by atoms with Gasteiger partial charge in [-0.15, -0.1) is 0 Å². The highest BCUT2D eigenvalue weighted by molar-refractivity contribution is 5.71. The average molecular weight is 389 g/mol. The van der Waals surface area contributed by atoms with Crippen molar-refractivity contribution in [1.29, 1.82) is 0 Å². The van der Waals surface area contributed by atoms with E-state index in [-0.39, 0.29) is 6.54 Å². The number of halogens is 1. The number of methoxy groups -OCH3 is 1. The minimum absolute atomic E-state index is 0.284. The number of ether oxygens (including phenoxy) is 1. The van der Waals surface area contributed by atoms with Gasteiger partial charge < -0.3 is 14.6 Å². The van der Waals surface area contributed by atoms with Crippen LogP contribution in [0.5, 0.6) is 5.75 Å². The zero-order valence-electron chi connectivity index (χ0n) is 16.2. The molecular formula is C19H24FN5O3. The summed E-state index contributed by atoms with van der Waals surface area (Å²) in [5.41, 5.74) is 0.461. The van der Waals surface area contributed by atoms with Crippen molar-refractivity contribution in [3.8, 4) is 5.75 Å². The Bertz CT molecular complexity index is 1100. The molecule has 3 aromatic rings. The van der Waals surface area contributed by atoms with E-state index in [4.69, 9.17) is 4.74 Å². The second kappa shape index (κ2) is 8.28. The second-order valence-corrected chi connectivity index (χ2v) is 6.41. The van der Waals surface area contributed by atoms with Crippen LogP contribution in [-0.2, 0) is 19.6 Å². The van der Waals surface area contributed by atoms with E-state index in [0.29, 0.717) is 41.5 Å². The molecule has 0 unspecified atom stereocenters. The van der Waals surface area contributed by atoms with E-state index in [1.54, 1.807) is 10.6 Å². The first kappa shape index (κ1) is 19.7. The van der Waals surface area contributed by atoms with Gasteiger partial charge in [0, 0.05) is 19.2 Å². The van der Waals surface area contributed by atoms with Crippen molar-refractivity contribution in [2.45, 2.75) is 46.3 Å². The normalized spacial score (nSPS) is 11.1. The number of nitrogens with zero attached hydrogens (tertiary/aromatic N) is 3. The maximum Gasteiger partial charge on any atom is 0.330 e. The van der Waals surface area contributed by atoms with Crippen molar-refractivity contribution in [3.63, 3.8) is 0 Å². The first-order chi connectivity index (χ1) is 13.5. The van der Waals surface area contributed by atoms with Gasteiger partial charge >= 0.3 is 5.69 Å². The molecule has 0 saturated heterocycles. The third kappa shape index (κ3) is 3.64. The molecule has 3 rings (SSSR count). The minimum atomic E-state index is -0.452. The van der Waals surface area contributed by atoms with Gasteiger partial charge in [-0.25, -0.2) is 14.2 Å². The lowest BCUT2D eigenvalue weighted by atomic mass is 10.3. The van der Waals surface area contributed by atoms with Crippen LogP contribution in [0, 0.1) is 5.82 Å². The Morgan fingerprint density at radius 1 is 1.25 bits per heavy atom. The summed E-state index contributed by atoms with van der Waals surface area (Å²) in [6.07, 6.45) is 1.72. The Morgan fingerprint density at radius 2 is 2.04 bits per heavy atom. The maximum atomic E-state index is 13.4. The molecular weight excluding hydrogens is 365 g/mol. The molecule has 2 N–H and O–H groups in total. The number of H-pyrrole nitrogens is 1. The number of hydrogen-bond donors (Lipinski definition) is 2. The molecule has 2 aromatic heterocycles. The molecule has 28 heavy (non-hydrogen) atoms. The predicted octanol–water partition coefficient (Wildman–Crippen LogP) is 2.47. The van der Waals surface area contributed by atoms with E-state index in [2.05, 4.69) is 15.3 Å². The van der Waals surface area contributed by atoms with E-state index in [0.717, 1.165) is 12.8 Å². The fourth-order valence-corrected chi connectivity index (χ4v) is 3.20. The number of anilines is 1. The van der Waals surface area contributed by atoms with E-state index >= 15 is 0 Å². The molecule has 0 saturated carbocycles. The molecule has 0 fully saturated rings. The van der Waals surface area contributed by atoms with Crippen molar-refractivity contribution in [2.24, 2.45) is 0 Å². The number of fused-ring (bicyclic) bond motifs is 1. The van der Waals surface area contributed by atoms with Crippen LogP contribution in [0.4, 0.5) is 10.1 Å². The second-order valence-electron chi connectivity index (χ2n) is 6.41. The Labute approximate surface area is 161 Å². The molecule has 0 amide bonds. The molecule has 0 aliphatic heterocycles. The van der Waals surface area contributed by atoms with Crippen LogP contribution in [0.1, 0.15) is 32.5 Å². The summed E-state index contributed by atoms with van der Waals surface area (Å²) in [6.45, 7) is 5.23. The summed E-state index contributed by atoms with van der Waals surface area (Å²) in [5.74, 6) is 0.580. The van der Waals surface area contributed by atoms with Crippen molar-refractivity contribution >= 4 is 16.9 Å². The van der Waals surface area contributed by atoms with E-state index in [9.17, 15) is 14.0 Å². The number of aromatic nitrogens is 4. The highest BCUT2D eigenvalue weighted by Crippen LogP contribution is 2.25. The molecule has 9 heteroatoms. The lowest BCUT2D eigenvalue weighted by molar-refractivity contribution is 0.413. The molecule has 0 aliphatic carbocycles. The van der Waals surface area contributed by atoms with Crippen LogP contribution in [0.3, 0.4) is 0 Å². The van der Waals surface area contributed by atoms with Crippen molar-refractivity contribution in [2.75, 3.05) is 12.4 Å². The van der Waals surface area contributed by atoms with Gasteiger partial charge in [0.15, 0.2) is 11.2 Å². The Morgan fingerprint density at radius 3 is 2.71 bits per heavy atom. The molecule has 150 valence electrons. The summed E-state index contributed by atoms with van der Waals surface area (Å²) in [4.78, 5) is 31.6. The lowest BCUT2D eigenvalue weighted by Crippen LogP contribution is -2.31. The molecule has 0 spiro atoms. The summed E-state index contributed by atoms with van der Waals surface area (Å²) < 4.78 is 21.9. The van der Waals surface area contributed by atoms with Crippen LogP contribution < -0.4 is 21.3 Å². The van der Waals surface area contributed by atoms with Crippen LogP contribution in [-0.4, -0.2) is 26.2 Å². The van der Waals surface area contributed by atoms with Crippen molar-refractivity contribution in [3.05, 3.63) is 50.7 Å². The van der Waals surface area contributed by atoms with Gasteiger partial charge in [0.1, 0.15) is 17.4 Å². The van der Waals surface area contributed by atoms with Crippen LogP contribution in [0.25, 0.3) is 11.2 Å². The van der Waals surface area contributed by atoms with Crippen LogP contribution >= 0.6 is 0 Å². The zero-order valence-corrected chi connectivity index (χ0v) is 16.2. The van der Waals surface area contributed by atoms with Gasteiger partial charge in [0.05, 0.1) is 19.3 Å². The standard InChI is InChI=1S/C19H24FN5O3/c1-4-6-9-25-17-16(18(26)23-19(25)27)24(5-2)15(22-17)11-21-13-8-7-12(20)10-14(13)28-3/h7-8,10,21H,4-6,9,11H2,1-3H3,(H,23,26,27). The van der Waals surface area contributed by atoms with Crippen molar-refractivity contribution in [1.82, 2.24) is 19.1 Å². The molecule has 1 aromatic carbocycles. The number of benzene rings is 1. The fraction of sp³-hybridized carbons (Fsp3) is 0.421. The monoisotopic (exact) mass is 389 g/mol. The highest BCUT2D eigenvalue weighted by atomic mass is 19.1. The SMILES string of the molecule is CCCCn1c(=O)[nH]c(=O)c2c1nc(CNc1ccc(F)cc1OC)n2CC. The third-order valence-corrected chi connectivity index (χ3v) is 4.62. The van der Waals surface area contributed by atoms with Gasteiger partial charge in [-0.1, -0.05) is 13.3 Å².